The number of rotatable bonds is 3. The maximum Gasteiger partial charge on any atom is 0.0335 e. The van der Waals surface area contributed by atoms with E-state index in [4.69, 9.17) is 5.73 Å². The molecule has 0 heterocycles. The van der Waals surface area contributed by atoms with E-state index in [1.165, 1.54) is 45.1 Å². The van der Waals surface area contributed by atoms with E-state index >= 15 is 0 Å². The minimum absolute atomic E-state index is 0.0939. The van der Waals surface area contributed by atoms with Gasteiger partial charge in [0.25, 0.3) is 0 Å². The predicted octanol–water partition coefficient (Wildman–Crippen LogP) is 4.02. The lowest BCUT2D eigenvalue weighted by Crippen LogP contribution is -2.13. The highest BCUT2D eigenvalue weighted by atomic mass is 127. The van der Waals surface area contributed by atoms with Crippen molar-refractivity contribution in [2.75, 3.05) is 0 Å². The first-order valence-corrected chi connectivity index (χ1v) is 7.92. The van der Waals surface area contributed by atoms with Gasteiger partial charge in [0, 0.05) is 9.61 Å². The largest absolute Gasteiger partial charge is 0.324 e. The second-order valence-electron chi connectivity index (χ2n) is 5.32. The topological polar surface area (TPSA) is 26.0 Å². The van der Waals surface area contributed by atoms with Gasteiger partial charge in [-0.1, -0.05) is 30.3 Å². The van der Waals surface area contributed by atoms with Gasteiger partial charge in [-0.2, -0.15) is 0 Å². The lowest BCUT2D eigenvalue weighted by molar-refractivity contribution is 0.721. The van der Waals surface area contributed by atoms with Crippen LogP contribution in [0.15, 0.2) is 42.5 Å². The van der Waals surface area contributed by atoms with Gasteiger partial charge in [0.1, 0.15) is 0 Å². The minimum atomic E-state index is 0.0939. The van der Waals surface area contributed by atoms with Crippen molar-refractivity contribution < 1.29 is 0 Å². The van der Waals surface area contributed by atoms with Crippen LogP contribution >= 0.6 is 22.6 Å². The van der Waals surface area contributed by atoms with Crippen LogP contribution in [0.5, 0.6) is 0 Å². The van der Waals surface area contributed by atoms with Gasteiger partial charge < -0.3 is 5.73 Å². The number of aryl methyl sites for hydroxylation is 2. The Labute approximate surface area is 128 Å². The lowest BCUT2D eigenvalue weighted by atomic mass is 9.97. The molecule has 0 bridgehead atoms. The zero-order valence-corrected chi connectivity index (χ0v) is 13.1. The van der Waals surface area contributed by atoms with Gasteiger partial charge in [-0.3, -0.25) is 0 Å². The smallest absolute Gasteiger partial charge is 0.0335 e. The Morgan fingerprint density at radius 1 is 1.00 bits per heavy atom. The van der Waals surface area contributed by atoms with E-state index in [2.05, 4.69) is 65.1 Å². The normalized spacial score (nSPS) is 15.3. The number of fused-ring (bicyclic) bond motifs is 1. The van der Waals surface area contributed by atoms with Gasteiger partial charge in [-0.05, 0) is 82.7 Å². The van der Waals surface area contributed by atoms with Crippen LogP contribution in [0.1, 0.15) is 34.7 Å². The fourth-order valence-corrected chi connectivity index (χ4v) is 3.19. The summed E-state index contributed by atoms with van der Waals surface area (Å²) in [5.41, 5.74) is 12.0. The van der Waals surface area contributed by atoms with Crippen molar-refractivity contribution in [1.29, 1.82) is 0 Å². The molecule has 2 heteroatoms. The molecule has 0 amide bonds. The molecule has 3 rings (SSSR count). The second kappa shape index (κ2) is 5.63. The van der Waals surface area contributed by atoms with E-state index in [1.807, 2.05) is 0 Å². The zero-order chi connectivity index (χ0) is 13.2. The number of benzene rings is 2. The summed E-state index contributed by atoms with van der Waals surface area (Å²) >= 11 is 2.32. The maximum atomic E-state index is 6.32. The molecule has 0 saturated carbocycles. The van der Waals surface area contributed by atoms with Crippen molar-refractivity contribution in [3.8, 4) is 0 Å². The highest BCUT2D eigenvalue weighted by Gasteiger charge is 2.12. The van der Waals surface area contributed by atoms with Crippen LogP contribution in [0.4, 0.5) is 0 Å². The molecule has 0 aromatic heterocycles. The molecule has 98 valence electrons. The quantitative estimate of drug-likeness (QED) is 0.819. The van der Waals surface area contributed by atoms with E-state index in [0.29, 0.717) is 0 Å². The summed E-state index contributed by atoms with van der Waals surface area (Å²) < 4.78 is 1.26. The summed E-state index contributed by atoms with van der Waals surface area (Å²) in [6.45, 7) is 0. The fourth-order valence-electron chi connectivity index (χ4n) is 2.83. The Kier molecular flexibility index (Phi) is 3.89. The van der Waals surface area contributed by atoms with E-state index in [1.54, 1.807) is 0 Å². The average Bonchev–Trinajstić information content (AvgIpc) is 2.87. The molecule has 1 aliphatic carbocycles. The molecule has 0 saturated heterocycles. The third-order valence-corrected chi connectivity index (χ3v) is 4.64. The standard InChI is InChI=1S/C17H18IN/c18-16-8-6-14(7-9-16)17(19)11-12-4-5-13-2-1-3-15(13)10-12/h4-10,17H,1-3,11,19H2. The van der Waals surface area contributed by atoms with E-state index in [-0.39, 0.29) is 6.04 Å². The molecule has 1 aliphatic rings. The molecular formula is C17H18IN. The van der Waals surface area contributed by atoms with Gasteiger partial charge in [0.15, 0.2) is 0 Å². The molecule has 0 aliphatic heterocycles. The zero-order valence-electron chi connectivity index (χ0n) is 10.9. The molecule has 0 fully saturated rings. The Balaban J connectivity index is 1.75. The van der Waals surface area contributed by atoms with Crippen molar-refractivity contribution in [3.63, 3.8) is 0 Å². The lowest BCUT2D eigenvalue weighted by Gasteiger charge is -2.13. The van der Waals surface area contributed by atoms with Crippen molar-refractivity contribution in [2.45, 2.75) is 31.7 Å². The van der Waals surface area contributed by atoms with E-state index < -0.39 is 0 Å². The summed E-state index contributed by atoms with van der Waals surface area (Å²) in [6.07, 6.45) is 4.72. The minimum Gasteiger partial charge on any atom is -0.324 e. The van der Waals surface area contributed by atoms with E-state index in [0.717, 1.165) is 6.42 Å². The van der Waals surface area contributed by atoms with Crippen molar-refractivity contribution >= 4 is 22.6 Å². The molecule has 2 aromatic carbocycles. The monoisotopic (exact) mass is 363 g/mol. The highest BCUT2D eigenvalue weighted by Crippen LogP contribution is 2.25. The van der Waals surface area contributed by atoms with Crippen LogP contribution in [0.2, 0.25) is 0 Å². The van der Waals surface area contributed by atoms with Crippen LogP contribution in [0.25, 0.3) is 0 Å². The molecule has 2 aromatic rings. The molecule has 0 radical (unpaired) electrons. The number of hydrogen-bond acceptors (Lipinski definition) is 1. The van der Waals surface area contributed by atoms with Crippen LogP contribution in [-0.2, 0) is 19.3 Å². The van der Waals surface area contributed by atoms with Crippen LogP contribution in [0.3, 0.4) is 0 Å². The summed E-state index contributed by atoms with van der Waals surface area (Å²) in [6, 6.07) is 15.5. The third-order valence-electron chi connectivity index (χ3n) is 3.92. The summed E-state index contributed by atoms with van der Waals surface area (Å²) in [5.74, 6) is 0. The third kappa shape index (κ3) is 3.00. The fraction of sp³-hybridized carbons (Fsp3) is 0.294. The average molecular weight is 363 g/mol. The van der Waals surface area contributed by atoms with Gasteiger partial charge in [0.05, 0.1) is 0 Å². The first-order valence-electron chi connectivity index (χ1n) is 6.84. The molecule has 1 nitrogen and oxygen atoms in total. The molecule has 19 heavy (non-hydrogen) atoms. The summed E-state index contributed by atoms with van der Waals surface area (Å²) in [5, 5.41) is 0. The van der Waals surface area contributed by atoms with Gasteiger partial charge in [-0.15, -0.1) is 0 Å². The number of nitrogens with two attached hydrogens (primary N) is 1. The van der Waals surface area contributed by atoms with Gasteiger partial charge in [-0.25, -0.2) is 0 Å². The van der Waals surface area contributed by atoms with Gasteiger partial charge in [0.2, 0.25) is 0 Å². The summed E-state index contributed by atoms with van der Waals surface area (Å²) in [7, 11) is 0. The van der Waals surface area contributed by atoms with Gasteiger partial charge >= 0.3 is 0 Å². The van der Waals surface area contributed by atoms with Crippen LogP contribution < -0.4 is 5.73 Å². The first-order chi connectivity index (χ1) is 9.22. The Bertz CT molecular complexity index is 574. The van der Waals surface area contributed by atoms with Crippen molar-refractivity contribution in [2.24, 2.45) is 5.73 Å². The number of halogens is 1. The van der Waals surface area contributed by atoms with Crippen molar-refractivity contribution in [3.05, 3.63) is 68.3 Å². The van der Waals surface area contributed by atoms with Crippen LogP contribution in [-0.4, -0.2) is 0 Å². The molecule has 1 atom stereocenters. The number of hydrogen-bond donors (Lipinski definition) is 1. The Hall–Kier alpha value is -0.870. The summed E-state index contributed by atoms with van der Waals surface area (Å²) in [4.78, 5) is 0. The Morgan fingerprint density at radius 2 is 1.74 bits per heavy atom. The van der Waals surface area contributed by atoms with Crippen LogP contribution in [0, 0.1) is 3.57 Å². The molecule has 2 N–H and O–H groups in total. The first kappa shape index (κ1) is 13.1. The van der Waals surface area contributed by atoms with Crippen molar-refractivity contribution in [1.82, 2.24) is 0 Å². The van der Waals surface area contributed by atoms with E-state index in [9.17, 15) is 0 Å². The molecule has 0 spiro atoms. The highest BCUT2D eigenvalue weighted by molar-refractivity contribution is 14.1. The SMILES string of the molecule is NC(Cc1ccc2c(c1)CCC2)c1ccc(I)cc1. The Morgan fingerprint density at radius 3 is 2.53 bits per heavy atom. The molecular weight excluding hydrogens is 345 g/mol. The predicted molar refractivity (Wildman–Crippen MR) is 88.3 cm³/mol. The second-order valence-corrected chi connectivity index (χ2v) is 6.56. The maximum absolute atomic E-state index is 6.32. The molecule has 1 unspecified atom stereocenters.